The number of aromatic amines is 1. The van der Waals surface area contributed by atoms with Gasteiger partial charge in [-0.2, -0.15) is 0 Å². The first kappa shape index (κ1) is 23.9. The Bertz CT molecular complexity index is 1500. The number of H-pyrrole nitrogens is 1. The van der Waals surface area contributed by atoms with Gasteiger partial charge < -0.3 is 19.7 Å². The van der Waals surface area contributed by atoms with Crippen molar-refractivity contribution in [2.24, 2.45) is 0 Å². The molecule has 0 radical (unpaired) electrons. The SMILES string of the molecule is COC(=O)C(c1ccc(Cl)cc1)N1C(=O)c2ccccc2C(C(=O)O)C1c1c[nH]c2cc(Cl)ccc12. The van der Waals surface area contributed by atoms with Gasteiger partial charge in [0, 0.05) is 38.3 Å². The largest absolute Gasteiger partial charge is 0.481 e. The van der Waals surface area contributed by atoms with E-state index < -0.39 is 35.8 Å². The molecule has 182 valence electrons. The molecule has 4 aromatic rings. The first-order chi connectivity index (χ1) is 17.3. The van der Waals surface area contributed by atoms with E-state index in [9.17, 15) is 19.5 Å². The molecule has 0 fully saturated rings. The monoisotopic (exact) mass is 522 g/mol. The number of carboxylic acids is 1. The average Bonchev–Trinajstić information content (AvgIpc) is 3.28. The Labute approximate surface area is 216 Å². The van der Waals surface area contributed by atoms with E-state index in [1.807, 2.05) is 0 Å². The minimum atomic E-state index is -1.22. The van der Waals surface area contributed by atoms with Gasteiger partial charge in [0.05, 0.1) is 13.2 Å². The zero-order valence-electron chi connectivity index (χ0n) is 18.9. The van der Waals surface area contributed by atoms with Crippen LogP contribution in [0.15, 0.2) is 72.9 Å². The highest BCUT2D eigenvalue weighted by atomic mass is 35.5. The van der Waals surface area contributed by atoms with Crippen molar-refractivity contribution in [1.82, 2.24) is 9.88 Å². The molecule has 0 spiro atoms. The van der Waals surface area contributed by atoms with Crippen molar-refractivity contribution in [3.05, 3.63) is 105 Å². The summed E-state index contributed by atoms with van der Waals surface area (Å²) in [5.41, 5.74) is 2.25. The highest BCUT2D eigenvalue weighted by molar-refractivity contribution is 6.31. The molecule has 2 N–H and O–H groups in total. The summed E-state index contributed by atoms with van der Waals surface area (Å²) >= 11 is 12.2. The van der Waals surface area contributed by atoms with Crippen LogP contribution in [-0.2, 0) is 14.3 Å². The van der Waals surface area contributed by atoms with Gasteiger partial charge in [-0.05, 0) is 41.5 Å². The number of fused-ring (bicyclic) bond motifs is 2. The van der Waals surface area contributed by atoms with Crippen molar-refractivity contribution in [3.63, 3.8) is 0 Å². The smallest absolute Gasteiger partial charge is 0.333 e. The number of aliphatic carboxylic acids is 1. The van der Waals surface area contributed by atoms with Crippen LogP contribution < -0.4 is 0 Å². The summed E-state index contributed by atoms with van der Waals surface area (Å²) in [5, 5.41) is 12.1. The van der Waals surface area contributed by atoms with Crippen molar-refractivity contribution in [3.8, 4) is 0 Å². The first-order valence-electron chi connectivity index (χ1n) is 11.1. The second-order valence-electron chi connectivity index (χ2n) is 8.47. The van der Waals surface area contributed by atoms with Crippen LogP contribution in [-0.4, -0.2) is 39.9 Å². The van der Waals surface area contributed by atoms with E-state index >= 15 is 0 Å². The standard InChI is InChI=1S/C27H20Cl2N2O5/c1-36-27(35)23(14-6-8-15(28)9-7-14)31-24(20-13-30-21-12-16(29)10-11-17(20)21)22(26(33)34)18-4-2-3-5-19(18)25(31)32/h2-13,22-24,30H,1H3,(H,33,34). The lowest BCUT2D eigenvalue weighted by Gasteiger charge is -2.43. The lowest BCUT2D eigenvalue weighted by Crippen LogP contribution is -2.49. The Balaban J connectivity index is 1.81. The van der Waals surface area contributed by atoms with Crippen LogP contribution in [0.1, 0.15) is 45.0 Å². The average molecular weight is 523 g/mol. The topological polar surface area (TPSA) is 99.7 Å². The Kier molecular flexibility index (Phi) is 6.20. The van der Waals surface area contributed by atoms with E-state index in [0.717, 1.165) is 0 Å². The molecular formula is C27H20Cl2N2O5. The lowest BCUT2D eigenvalue weighted by atomic mass is 9.78. The zero-order chi connectivity index (χ0) is 25.6. The molecule has 1 amide bonds. The second kappa shape index (κ2) is 9.33. The van der Waals surface area contributed by atoms with Crippen LogP contribution in [0.4, 0.5) is 0 Å². The van der Waals surface area contributed by atoms with Gasteiger partial charge in [0.2, 0.25) is 0 Å². The van der Waals surface area contributed by atoms with Gasteiger partial charge in [-0.15, -0.1) is 0 Å². The quantitative estimate of drug-likeness (QED) is 0.325. The molecule has 0 bridgehead atoms. The van der Waals surface area contributed by atoms with Gasteiger partial charge in [0.25, 0.3) is 5.91 Å². The first-order valence-corrected chi connectivity index (χ1v) is 11.8. The Morgan fingerprint density at radius 3 is 2.39 bits per heavy atom. The maximum absolute atomic E-state index is 14.1. The number of carbonyl (C=O) groups excluding carboxylic acids is 2. The summed E-state index contributed by atoms with van der Waals surface area (Å²) in [7, 11) is 1.23. The number of aromatic nitrogens is 1. The van der Waals surface area contributed by atoms with Gasteiger partial charge in [0.15, 0.2) is 6.04 Å². The molecule has 3 unspecified atom stereocenters. The number of methoxy groups -OCH3 is 1. The second-order valence-corrected chi connectivity index (χ2v) is 9.34. The Hall–Kier alpha value is -3.81. The number of halogens is 2. The van der Waals surface area contributed by atoms with Crippen molar-refractivity contribution in [1.29, 1.82) is 0 Å². The molecule has 0 saturated carbocycles. The summed E-state index contributed by atoms with van der Waals surface area (Å²) in [4.78, 5) is 44.5. The predicted octanol–water partition coefficient (Wildman–Crippen LogP) is 5.75. The number of ether oxygens (including phenoxy) is 1. The lowest BCUT2D eigenvalue weighted by molar-refractivity contribution is -0.150. The van der Waals surface area contributed by atoms with Gasteiger partial charge in [-0.1, -0.05) is 59.6 Å². The Morgan fingerprint density at radius 1 is 1.00 bits per heavy atom. The third kappa shape index (κ3) is 3.90. The molecule has 1 aliphatic rings. The van der Waals surface area contributed by atoms with Gasteiger partial charge >= 0.3 is 11.9 Å². The third-order valence-electron chi connectivity index (χ3n) is 6.53. The fourth-order valence-corrected chi connectivity index (χ4v) is 5.27. The summed E-state index contributed by atoms with van der Waals surface area (Å²) in [6, 6.07) is 15.9. The molecular weight excluding hydrogens is 503 g/mol. The number of carboxylic acid groups (broad SMARTS) is 1. The highest BCUT2D eigenvalue weighted by Crippen LogP contribution is 2.48. The number of amides is 1. The minimum absolute atomic E-state index is 0.215. The Morgan fingerprint density at radius 2 is 1.69 bits per heavy atom. The molecule has 2 heterocycles. The molecule has 0 saturated heterocycles. The van der Waals surface area contributed by atoms with Crippen LogP contribution in [0, 0.1) is 0 Å². The molecule has 3 atom stereocenters. The fraction of sp³-hybridized carbons (Fsp3) is 0.148. The van der Waals surface area contributed by atoms with Crippen LogP contribution in [0.5, 0.6) is 0 Å². The molecule has 0 aliphatic carbocycles. The predicted molar refractivity (Wildman–Crippen MR) is 135 cm³/mol. The molecule has 36 heavy (non-hydrogen) atoms. The van der Waals surface area contributed by atoms with E-state index in [2.05, 4.69) is 4.98 Å². The van der Waals surface area contributed by atoms with E-state index in [-0.39, 0.29) is 5.56 Å². The maximum Gasteiger partial charge on any atom is 0.333 e. The highest BCUT2D eigenvalue weighted by Gasteiger charge is 2.49. The number of benzene rings is 3. The molecule has 1 aliphatic heterocycles. The summed E-state index contributed by atoms with van der Waals surface area (Å²) in [6.45, 7) is 0. The number of nitrogens with zero attached hydrogens (tertiary/aromatic N) is 1. The number of esters is 1. The number of rotatable bonds is 5. The normalized spacial score (nSPS) is 18.1. The van der Waals surface area contributed by atoms with Gasteiger partial charge in [0.1, 0.15) is 5.92 Å². The van der Waals surface area contributed by atoms with E-state index in [0.29, 0.717) is 37.6 Å². The van der Waals surface area contributed by atoms with Crippen molar-refractivity contribution >= 4 is 52.0 Å². The van der Waals surface area contributed by atoms with Crippen LogP contribution in [0.2, 0.25) is 10.0 Å². The molecule has 1 aromatic heterocycles. The van der Waals surface area contributed by atoms with E-state index in [1.54, 1.807) is 72.9 Å². The summed E-state index contributed by atoms with van der Waals surface area (Å²) in [6.07, 6.45) is 1.66. The number of nitrogens with one attached hydrogen (secondary N) is 1. The van der Waals surface area contributed by atoms with Crippen LogP contribution >= 0.6 is 23.2 Å². The van der Waals surface area contributed by atoms with Crippen molar-refractivity contribution in [2.45, 2.75) is 18.0 Å². The summed E-state index contributed by atoms with van der Waals surface area (Å²) < 4.78 is 5.11. The van der Waals surface area contributed by atoms with Crippen molar-refractivity contribution in [2.75, 3.05) is 7.11 Å². The number of hydrogen-bond donors (Lipinski definition) is 2. The zero-order valence-corrected chi connectivity index (χ0v) is 20.5. The molecule has 5 rings (SSSR count). The fourth-order valence-electron chi connectivity index (χ4n) is 4.97. The molecule has 7 nitrogen and oxygen atoms in total. The number of carbonyl (C=O) groups is 3. The van der Waals surface area contributed by atoms with Gasteiger partial charge in [-0.3, -0.25) is 9.59 Å². The molecule has 9 heteroatoms. The van der Waals surface area contributed by atoms with Crippen LogP contribution in [0.25, 0.3) is 10.9 Å². The summed E-state index contributed by atoms with van der Waals surface area (Å²) in [5.74, 6) is -3.48. The third-order valence-corrected chi connectivity index (χ3v) is 7.01. The van der Waals surface area contributed by atoms with Gasteiger partial charge in [-0.25, -0.2) is 4.79 Å². The minimum Gasteiger partial charge on any atom is -0.481 e. The van der Waals surface area contributed by atoms with E-state index in [1.165, 1.54) is 12.0 Å². The molecule has 3 aromatic carbocycles. The number of hydrogen-bond acceptors (Lipinski definition) is 4. The van der Waals surface area contributed by atoms with Crippen molar-refractivity contribution < 1.29 is 24.2 Å². The van der Waals surface area contributed by atoms with Crippen LogP contribution in [0.3, 0.4) is 0 Å². The maximum atomic E-state index is 14.1. The van der Waals surface area contributed by atoms with E-state index in [4.69, 9.17) is 27.9 Å².